The summed E-state index contributed by atoms with van der Waals surface area (Å²) in [6.45, 7) is 5.37. The van der Waals surface area contributed by atoms with Gasteiger partial charge in [0.15, 0.2) is 0 Å². The van der Waals surface area contributed by atoms with Crippen LogP contribution in [0.5, 0.6) is 0 Å². The number of amides is 1. The Morgan fingerprint density at radius 3 is 2.29 bits per heavy atom. The molecule has 0 saturated heterocycles. The maximum absolute atomic E-state index is 11.8. The minimum Gasteiger partial charge on any atom is -0.464 e. The van der Waals surface area contributed by atoms with E-state index in [1.54, 1.807) is 39.2 Å². The van der Waals surface area contributed by atoms with Gasteiger partial charge in [0.2, 0.25) is 0 Å². The van der Waals surface area contributed by atoms with E-state index in [1.807, 2.05) is 24.3 Å². The highest BCUT2D eigenvalue weighted by atomic mass is 16.6. The van der Waals surface area contributed by atoms with Crippen LogP contribution < -0.4 is 17.0 Å². The van der Waals surface area contributed by atoms with Gasteiger partial charge in [-0.2, -0.15) is 0 Å². The standard InChI is InChI=1S/C15H18N2O3.H3N/c1-15(2,3)20-14(18)17(16)12-8-6-11(7-9-12)13-5-4-10-19-13;/h4-10H,16H2,1-3H3;1H3. The lowest BCUT2D eigenvalue weighted by atomic mass is 10.1. The summed E-state index contributed by atoms with van der Waals surface area (Å²) in [6, 6.07) is 10.8. The Hall–Kier alpha value is -2.31. The third kappa shape index (κ3) is 4.34. The van der Waals surface area contributed by atoms with Crippen molar-refractivity contribution in [1.29, 1.82) is 0 Å². The number of carbonyl (C=O) groups excluding carboxylic acids is 1. The van der Waals surface area contributed by atoms with Gasteiger partial charge in [-0.1, -0.05) is 0 Å². The van der Waals surface area contributed by atoms with Gasteiger partial charge in [0.25, 0.3) is 0 Å². The maximum Gasteiger partial charge on any atom is 0.429 e. The van der Waals surface area contributed by atoms with Gasteiger partial charge in [0.1, 0.15) is 11.4 Å². The van der Waals surface area contributed by atoms with Gasteiger partial charge < -0.3 is 15.3 Å². The summed E-state index contributed by atoms with van der Waals surface area (Å²) in [5, 5.41) is 0.983. The van der Waals surface area contributed by atoms with Crippen LogP contribution >= 0.6 is 0 Å². The van der Waals surface area contributed by atoms with Crippen molar-refractivity contribution in [3.8, 4) is 11.3 Å². The van der Waals surface area contributed by atoms with E-state index in [-0.39, 0.29) is 6.15 Å². The quantitative estimate of drug-likeness (QED) is 0.498. The topological polar surface area (TPSA) is 104 Å². The van der Waals surface area contributed by atoms with Crippen molar-refractivity contribution < 1.29 is 13.9 Å². The van der Waals surface area contributed by atoms with Crippen LogP contribution in [0, 0.1) is 0 Å². The first-order valence-corrected chi connectivity index (χ1v) is 6.28. The van der Waals surface area contributed by atoms with Gasteiger partial charge >= 0.3 is 6.09 Å². The summed E-state index contributed by atoms with van der Waals surface area (Å²) in [4.78, 5) is 11.8. The second kappa shape index (κ2) is 6.43. The van der Waals surface area contributed by atoms with E-state index in [0.29, 0.717) is 5.69 Å². The molecule has 0 bridgehead atoms. The summed E-state index contributed by atoms with van der Waals surface area (Å²) in [5.41, 5.74) is 0.883. The molecule has 0 atom stereocenters. The van der Waals surface area contributed by atoms with Gasteiger partial charge in [-0.15, -0.1) is 0 Å². The van der Waals surface area contributed by atoms with E-state index in [1.165, 1.54) is 0 Å². The normalized spacial score (nSPS) is 10.7. The van der Waals surface area contributed by atoms with Crippen LogP contribution in [-0.2, 0) is 4.74 Å². The first-order valence-electron chi connectivity index (χ1n) is 6.28. The number of hydrogen-bond acceptors (Lipinski definition) is 5. The smallest absolute Gasteiger partial charge is 0.429 e. The Morgan fingerprint density at radius 1 is 1.19 bits per heavy atom. The zero-order valence-electron chi connectivity index (χ0n) is 12.5. The van der Waals surface area contributed by atoms with Gasteiger partial charge in [-0.05, 0) is 57.2 Å². The molecular weight excluding hydrogens is 270 g/mol. The fraction of sp³-hybridized carbons (Fsp3) is 0.267. The number of rotatable bonds is 2. The van der Waals surface area contributed by atoms with Crippen molar-refractivity contribution in [2.24, 2.45) is 5.84 Å². The number of benzene rings is 1. The Labute approximate surface area is 124 Å². The molecule has 114 valence electrons. The number of hydrazine groups is 1. The molecule has 2 rings (SSSR count). The van der Waals surface area contributed by atoms with Crippen LogP contribution in [0.25, 0.3) is 11.3 Å². The third-order valence-corrected chi connectivity index (χ3v) is 2.54. The zero-order chi connectivity index (χ0) is 14.8. The molecule has 6 nitrogen and oxygen atoms in total. The van der Waals surface area contributed by atoms with E-state index in [4.69, 9.17) is 15.0 Å². The van der Waals surface area contributed by atoms with Crippen LogP contribution in [0.15, 0.2) is 47.1 Å². The molecule has 1 aromatic carbocycles. The number of nitrogens with zero attached hydrogens (tertiary/aromatic N) is 1. The average molecular weight is 291 g/mol. The molecule has 1 aromatic heterocycles. The first kappa shape index (κ1) is 16.7. The molecule has 6 heteroatoms. The molecule has 0 aliphatic heterocycles. The number of nitrogens with two attached hydrogens (primary N) is 1. The molecular formula is C15H21N3O3. The minimum atomic E-state index is -0.594. The molecule has 0 radical (unpaired) electrons. The average Bonchev–Trinajstić information content (AvgIpc) is 2.90. The van der Waals surface area contributed by atoms with Crippen molar-refractivity contribution in [2.45, 2.75) is 26.4 Å². The van der Waals surface area contributed by atoms with Crippen molar-refractivity contribution in [2.75, 3.05) is 5.01 Å². The largest absolute Gasteiger partial charge is 0.464 e. The Bertz CT molecular complexity index is 571. The number of carbonyl (C=O) groups is 1. The summed E-state index contributed by atoms with van der Waals surface area (Å²) >= 11 is 0. The molecule has 1 amide bonds. The number of hydrogen-bond donors (Lipinski definition) is 2. The number of anilines is 1. The monoisotopic (exact) mass is 291 g/mol. The molecule has 1 heterocycles. The molecule has 0 spiro atoms. The predicted octanol–water partition coefficient (Wildman–Crippen LogP) is 3.72. The van der Waals surface area contributed by atoms with E-state index in [9.17, 15) is 4.79 Å². The highest BCUT2D eigenvalue weighted by molar-refractivity contribution is 5.86. The third-order valence-electron chi connectivity index (χ3n) is 2.54. The summed E-state index contributed by atoms with van der Waals surface area (Å²) < 4.78 is 10.5. The van der Waals surface area contributed by atoms with Crippen molar-refractivity contribution in [3.63, 3.8) is 0 Å². The van der Waals surface area contributed by atoms with Gasteiger partial charge in [0.05, 0.1) is 12.0 Å². The van der Waals surface area contributed by atoms with Gasteiger partial charge in [-0.3, -0.25) is 0 Å². The molecule has 5 N–H and O–H groups in total. The molecule has 21 heavy (non-hydrogen) atoms. The predicted molar refractivity (Wildman–Crippen MR) is 82.1 cm³/mol. The molecule has 0 saturated carbocycles. The zero-order valence-corrected chi connectivity index (χ0v) is 12.5. The van der Waals surface area contributed by atoms with Crippen molar-refractivity contribution in [1.82, 2.24) is 6.15 Å². The molecule has 2 aromatic rings. The Balaban J connectivity index is 0.00000220. The maximum atomic E-state index is 11.8. The molecule has 0 aliphatic carbocycles. The molecule has 0 unspecified atom stereocenters. The van der Waals surface area contributed by atoms with Crippen LogP contribution in [0.4, 0.5) is 10.5 Å². The van der Waals surface area contributed by atoms with Gasteiger partial charge in [-0.25, -0.2) is 15.6 Å². The summed E-state index contributed by atoms with van der Waals surface area (Å²) in [5.74, 6) is 6.51. The number of ether oxygens (including phenoxy) is 1. The van der Waals surface area contributed by atoms with Crippen LogP contribution in [-0.4, -0.2) is 11.7 Å². The lowest BCUT2D eigenvalue weighted by molar-refractivity contribution is 0.0580. The van der Waals surface area contributed by atoms with Crippen LogP contribution in [0.3, 0.4) is 0 Å². The molecule has 0 fully saturated rings. The van der Waals surface area contributed by atoms with E-state index in [2.05, 4.69) is 0 Å². The van der Waals surface area contributed by atoms with Gasteiger partial charge in [0, 0.05) is 5.56 Å². The van der Waals surface area contributed by atoms with Crippen molar-refractivity contribution in [3.05, 3.63) is 42.7 Å². The fourth-order valence-corrected chi connectivity index (χ4v) is 1.65. The van der Waals surface area contributed by atoms with E-state index in [0.717, 1.165) is 16.3 Å². The first-order chi connectivity index (χ1) is 9.37. The SMILES string of the molecule is CC(C)(C)OC(=O)N(N)c1ccc(-c2ccco2)cc1.N. The second-order valence-electron chi connectivity index (χ2n) is 5.37. The van der Waals surface area contributed by atoms with Crippen LogP contribution in [0.1, 0.15) is 20.8 Å². The van der Waals surface area contributed by atoms with Crippen LogP contribution in [0.2, 0.25) is 0 Å². The Kier molecular flexibility index (Phi) is 5.12. The minimum absolute atomic E-state index is 0. The highest BCUT2D eigenvalue weighted by Crippen LogP contribution is 2.23. The highest BCUT2D eigenvalue weighted by Gasteiger charge is 2.21. The Morgan fingerprint density at radius 2 is 1.81 bits per heavy atom. The van der Waals surface area contributed by atoms with Crippen molar-refractivity contribution >= 4 is 11.8 Å². The fourth-order valence-electron chi connectivity index (χ4n) is 1.65. The lowest BCUT2D eigenvalue weighted by Gasteiger charge is -2.24. The second-order valence-corrected chi connectivity index (χ2v) is 5.37. The van der Waals surface area contributed by atoms with E-state index < -0.39 is 11.7 Å². The molecule has 0 aliphatic rings. The summed E-state index contributed by atoms with van der Waals surface area (Å²) in [7, 11) is 0. The summed E-state index contributed by atoms with van der Waals surface area (Å²) in [6.07, 6.45) is 1.02. The van der Waals surface area contributed by atoms with E-state index >= 15 is 0 Å². The number of furan rings is 1. The lowest BCUT2D eigenvalue weighted by Crippen LogP contribution is -2.41.